The molecule has 0 bridgehead atoms. The molecule has 2 amide bonds. The molecule has 5 heteroatoms. The molecule has 2 aromatic rings. The van der Waals surface area contributed by atoms with Gasteiger partial charge in [0.05, 0.1) is 12.7 Å². The summed E-state index contributed by atoms with van der Waals surface area (Å²) in [5.41, 5.74) is 7.83. The van der Waals surface area contributed by atoms with Crippen LogP contribution in [0.25, 0.3) is 11.0 Å². The SMILES string of the molecule is CC(=O)NCCc1coc2ccc(CC(N)=O)cc12. The van der Waals surface area contributed by atoms with Gasteiger partial charge in [-0.3, -0.25) is 9.59 Å². The molecule has 5 nitrogen and oxygen atoms in total. The smallest absolute Gasteiger partial charge is 0.221 e. The number of benzene rings is 1. The third-order valence-corrected chi connectivity index (χ3v) is 2.86. The monoisotopic (exact) mass is 260 g/mol. The highest BCUT2D eigenvalue weighted by Gasteiger charge is 2.08. The van der Waals surface area contributed by atoms with Crippen LogP contribution in [0.2, 0.25) is 0 Å². The first-order valence-electron chi connectivity index (χ1n) is 6.08. The van der Waals surface area contributed by atoms with E-state index in [-0.39, 0.29) is 18.2 Å². The van der Waals surface area contributed by atoms with Crippen LogP contribution in [-0.2, 0) is 22.4 Å². The predicted molar refractivity (Wildman–Crippen MR) is 71.5 cm³/mol. The lowest BCUT2D eigenvalue weighted by Crippen LogP contribution is -2.22. The Bertz CT molecular complexity index is 616. The second-order valence-electron chi connectivity index (χ2n) is 4.47. The zero-order valence-electron chi connectivity index (χ0n) is 10.7. The summed E-state index contributed by atoms with van der Waals surface area (Å²) in [6, 6.07) is 5.57. The van der Waals surface area contributed by atoms with Crippen LogP contribution in [0.1, 0.15) is 18.1 Å². The summed E-state index contributed by atoms with van der Waals surface area (Å²) in [4.78, 5) is 21.8. The average molecular weight is 260 g/mol. The van der Waals surface area contributed by atoms with Crippen LogP contribution in [0.3, 0.4) is 0 Å². The number of fused-ring (bicyclic) bond motifs is 1. The Morgan fingerprint density at radius 1 is 1.37 bits per heavy atom. The molecule has 0 unspecified atom stereocenters. The Labute approximate surface area is 110 Å². The molecule has 19 heavy (non-hydrogen) atoms. The molecular formula is C14H16N2O3. The fraction of sp³-hybridized carbons (Fsp3) is 0.286. The maximum atomic E-state index is 10.9. The molecule has 1 heterocycles. The highest BCUT2D eigenvalue weighted by atomic mass is 16.3. The second kappa shape index (κ2) is 5.56. The minimum absolute atomic E-state index is 0.0535. The number of hydrogen-bond donors (Lipinski definition) is 2. The predicted octanol–water partition coefficient (Wildman–Crippen LogP) is 1.14. The number of nitrogens with two attached hydrogens (primary N) is 1. The molecule has 100 valence electrons. The molecule has 0 fully saturated rings. The van der Waals surface area contributed by atoms with Gasteiger partial charge in [-0.05, 0) is 29.7 Å². The first-order chi connectivity index (χ1) is 9.06. The van der Waals surface area contributed by atoms with Gasteiger partial charge < -0.3 is 15.5 Å². The maximum absolute atomic E-state index is 10.9. The molecule has 1 aromatic heterocycles. The van der Waals surface area contributed by atoms with Gasteiger partial charge in [-0.15, -0.1) is 0 Å². The normalized spacial score (nSPS) is 10.6. The number of carbonyl (C=O) groups excluding carboxylic acids is 2. The van der Waals surface area contributed by atoms with Crippen molar-refractivity contribution in [2.75, 3.05) is 6.54 Å². The molecule has 0 aliphatic carbocycles. The summed E-state index contributed by atoms with van der Waals surface area (Å²) in [5, 5.41) is 3.70. The third-order valence-electron chi connectivity index (χ3n) is 2.86. The lowest BCUT2D eigenvalue weighted by molar-refractivity contribution is -0.119. The van der Waals surface area contributed by atoms with Gasteiger partial charge in [0.25, 0.3) is 0 Å². The summed E-state index contributed by atoms with van der Waals surface area (Å²) in [7, 11) is 0. The van der Waals surface area contributed by atoms with E-state index in [1.165, 1.54) is 6.92 Å². The van der Waals surface area contributed by atoms with E-state index in [0.29, 0.717) is 13.0 Å². The van der Waals surface area contributed by atoms with Gasteiger partial charge in [0.2, 0.25) is 11.8 Å². The zero-order chi connectivity index (χ0) is 13.8. The Morgan fingerprint density at radius 3 is 2.84 bits per heavy atom. The van der Waals surface area contributed by atoms with Gasteiger partial charge in [-0.25, -0.2) is 0 Å². The van der Waals surface area contributed by atoms with Crippen LogP contribution in [0.4, 0.5) is 0 Å². The van der Waals surface area contributed by atoms with Crippen molar-refractivity contribution in [2.24, 2.45) is 5.73 Å². The highest BCUT2D eigenvalue weighted by Crippen LogP contribution is 2.23. The first-order valence-corrected chi connectivity index (χ1v) is 6.08. The lowest BCUT2D eigenvalue weighted by Gasteiger charge is -2.01. The van der Waals surface area contributed by atoms with Crippen molar-refractivity contribution in [3.8, 4) is 0 Å². The summed E-state index contributed by atoms with van der Waals surface area (Å²) in [5.74, 6) is -0.412. The maximum Gasteiger partial charge on any atom is 0.221 e. The molecule has 0 spiro atoms. The Hall–Kier alpha value is -2.30. The first kappa shape index (κ1) is 13.1. The largest absolute Gasteiger partial charge is 0.464 e. The molecule has 0 aliphatic rings. The number of primary amides is 1. The van der Waals surface area contributed by atoms with Crippen LogP contribution in [0.15, 0.2) is 28.9 Å². The van der Waals surface area contributed by atoms with E-state index in [0.717, 1.165) is 22.1 Å². The van der Waals surface area contributed by atoms with Gasteiger partial charge in [0.1, 0.15) is 5.58 Å². The van der Waals surface area contributed by atoms with Crippen molar-refractivity contribution >= 4 is 22.8 Å². The van der Waals surface area contributed by atoms with E-state index in [1.54, 1.807) is 6.26 Å². The lowest BCUT2D eigenvalue weighted by atomic mass is 10.1. The number of carbonyl (C=O) groups is 2. The van der Waals surface area contributed by atoms with Crippen LogP contribution in [0, 0.1) is 0 Å². The van der Waals surface area contributed by atoms with Gasteiger partial charge in [0, 0.05) is 18.9 Å². The average Bonchev–Trinajstić information content (AvgIpc) is 2.71. The van der Waals surface area contributed by atoms with E-state index < -0.39 is 0 Å². The molecule has 0 saturated heterocycles. The van der Waals surface area contributed by atoms with Gasteiger partial charge in [-0.1, -0.05) is 6.07 Å². The van der Waals surface area contributed by atoms with Crippen LogP contribution in [0.5, 0.6) is 0 Å². The molecule has 0 aliphatic heterocycles. The highest BCUT2D eigenvalue weighted by molar-refractivity contribution is 5.84. The van der Waals surface area contributed by atoms with E-state index in [4.69, 9.17) is 10.2 Å². The standard InChI is InChI=1S/C14H16N2O3/c1-9(17)16-5-4-11-8-19-13-3-2-10(6-12(11)13)7-14(15)18/h2-3,6,8H,4-5,7H2,1H3,(H2,15,18)(H,16,17). The van der Waals surface area contributed by atoms with Gasteiger partial charge in [0.15, 0.2) is 0 Å². The molecule has 1 aromatic carbocycles. The molecular weight excluding hydrogens is 244 g/mol. The van der Waals surface area contributed by atoms with Gasteiger partial charge >= 0.3 is 0 Å². The van der Waals surface area contributed by atoms with Gasteiger partial charge in [-0.2, -0.15) is 0 Å². The molecule has 0 radical (unpaired) electrons. The number of furan rings is 1. The Kier molecular flexibility index (Phi) is 3.85. The number of rotatable bonds is 5. The van der Waals surface area contributed by atoms with Crippen LogP contribution < -0.4 is 11.1 Å². The van der Waals surface area contributed by atoms with E-state index in [2.05, 4.69) is 5.32 Å². The summed E-state index contributed by atoms with van der Waals surface area (Å²) in [6.45, 7) is 2.04. The van der Waals surface area contributed by atoms with Crippen molar-refractivity contribution in [2.45, 2.75) is 19.8 Å². The number of amides is 2. The van der Waals surface area contributed by atoms with E-state index in [1.807, 2.05) is 18.2 Å². The van der Waals surface area contributed by atoms with Crippen LogP contribution >= 0.6 is 0 Å². The second-order valence-corrected chi connectivity index (χ2v) is 4.47. The molecule has 3 N–H and O–H groups in total. The van der Waals surface area contributed by atoms with Crippen molar-refractivity contribution in [3.05, 3.63) is 35.6 Å². The topological polar surface area (TPSA) is 85.3 Å². The quantitative estimate of drug-likeness (QED) is 0.845. The van der Waals surface area contributed by atoms with E-state index in [9.17, 15) is 9.59 Å². The number of nitrogens with one attached hydrogen (secondary N) is 1. The van der Waals surface area contributed by atoms with E-state index >= 15 is 0 Å². The third kappa shape index (κ3) is 3.34. The number of hydrogen-bond acceptors (Lipinski definition) is 3. The van der Waals surface area contributed by atoms with Crippen molar-refractivity contribution in [3.63, 3.8) is 0 Å². The Balaban J connectivity index is 2.19. The fourth-order valence-electron chi connectivity index (χ4n) is 2.01. The molecule has 0 atom stereocenters. The molecule has 2 rings (SSSR count). The molecule has 0 saturated carbocycles. The fourth-order valence-corrected chi connectivity index (χ4v) is 2.01. The zero-order valence-corrected chi connectivity index (χ0v) is 10.7. The van der Waals surface area contributed by atoms with Crippen LogP contribution in [-0.4, -0.2) is 18.4 Å². The summed E-state index contributed by atoms with van der Waals surface area (Å²) < 4.78 is 5.44. The summed E-state index contributed by atoms with van der Waals surface area (Å²) >= 11 is 0. The minimum atomic E-state index is -0.359. The Morgan fingerprint density at radius 2 is 2.16 bits per heavy atom. The summed E-state index contributed by atoms with van der Waals surface area (Å²) in [6.07, 6.45) is 2.58. The minimum Gasteiger partial charge on any atom is -0.464 e. The van der Waals surface area contributed by atoms with Crippen molar-refractivity contribution < 1.29 is 14.0 Å². The van der Waals surface area contributed by atoms with Crippen molar-refractivity contribution in [1.82, 2.24) is 5.32 Å². The van der Waals surface area contributed by atoms with Crippen molar-refractivity contribution in [1.29, 1.82) is 0 Å².